The lowest BCUT2D eigenvalue weighted by atomic mass is 10.1. The summed E-state index contributed by atoms with van der Waals surface area (Å²) < 4.78 is 13.5. The first-order valence-corrected chi connectivity index (χ1v) is 4.97. The molecule has 1 rings (SSSR count). The largest absolute Gasteiger partial charge is 0.207 e. The van der Waals surface area contributed by atoms with Gasteiger partial charge in [-0.1, -0.05) is 35.3 Å². The average Bonchev–Trinajstić information content (AvgIpc) is 2.03. The van der Waals surface area contributed by atoms with Crippen molar-refractivity contribution in [1.29, 1.82) is 0 Å². The van der Waals surface area contributed by atoms with Crippen molar-refractivity contribution in [3.05, 3.63) is 34.1 Å². The molecule has 0 fully saturated rings. The van der Waals surface area contributed by atoms with E-state index in [-0.39, 0.29) is 5.82 Å². The summed E-state index contributed by atoms with van der Waals surface area (Å²) in [4.78, 5) is 0. The Morgan fingerprint density at radius 3 is 2.75 bits per heavy atom. The first-order valence-electron chi connectivity index (χ1n) is 4.18. The highest BCUT2D eigenvalue weighted by molar-refractivity contribution is 9.10. The molecule has 0 aromatic heterocycles. The van der Waals surface area contributed by atoms with Crippen LogP contribution in [0.25, 0.3) is 0 Å². The monoisotopic (exact) mass is 230 g/mol. The van der Waals surface area contributed by atoms with E-state index < -0.39 is 0 Å². The Kier molecular flexibility index (Phi) is 3.73. The first-order chi connectivity index (χ1) is 5.74. The maximum atomic E-state index is 12.6. The second-order valence-corrected chi connectivity index (χ2v) is 3.69. The number of rotatable bonds is 3. The molecule has 1 aromatic rings. The summed E-state index contributed by atoms with van der Waals surface area (Å²) in [6.45, 7) is 2.15. The number of unbranched alkanes of at least 4 members (excludes halogenated alkanes) is 1. The maximum Gasteiger partial charge on any atom is 0.124 e. The van der Waals surface area contributed by atoms with Crippen LogP contribution in [0.5, 0.6) is 0 Å². The third-order valence-electron chi connectivity index (χ3n) is 1.81. The normalized spacial score (nSPS) is 10.2. The molecule has 0 atom stereocenters. The molecule has 0 aliphatic rings. The Hall–Kier alpha value is -0.370. The first kappa shape index (κ1) is 9.72. The molecule has 1 aromatic carbocycles. The minimum absolute atomic E-state index is 0.179. The van der Waals surface area contributed by atoms with Crippen LogP contribution < -0.4 is 0 Å². The topological polar surface area (TPSA) is 0 Å². The van der Waals surface area contributed by atoms with Gasteiger partial charge in [-0.2, -0.15) is 0 Å². The van der Waals surface area contributed by atoms with E-state index in [1.165, 1.54) is 24.1 Å². The Bertz CT molecular complexity index is 258. The third kappa shape index (κ3) is 2.59. The van der Waals surface area contributed by atoms with Crippen molar-refractivity contribution in [3.63, 3.8) is 0 Å². The molecule has 0 unspecified atom stereocenters. The molecule has 0 N–H and O–H groups in total. The number of aryl methyl sites for hydroxylation is 1. The van der Waals surface area contributed by atoms with Crippen LogP contribution >= 0.6 is 15.9 Å². The fourth-order valence-corrected chi connectivity index (χ4v) is 1.64. The number of benzene rings is 1. The van der Waals surface area contributed by atoms with Crippen molar-refractivity contribution in [1.82, 2.24) is 0 Å². The maximum absolute atomic E-state index is 12.6. The molecule has 0 saturated heterocycles. The summed E-state index contributed by atoms with van der Waals surface area (Å²) in [5.74, 6) is -0.179. The molecule has 0 heterocycles. The highest BCUT2D eigenvalue weighted by atomic mass is 79.9. The average molecular weight is 231 g/mol. The third-order valence-corrected chi connectivity index (χ3v) is 2.55. The Morgan fingerprint density at radius 1 is 1.42 bits per heavy atom. The fraction of sp³-hybridized carbons (Fsp3) is 0.400. The number of halogens is 2. The van der Waals surface area contributed by atoms with Crippen LogP contribution in [-0.2, 0) is 6.42 Å². The van der Waals surface area contributed by atoms with Gasteiger partial charge in [0.25, 0.3) is 0 Å². The van der Waals surface area contributed by atoms with E-state index in [0.29, 0.717) is 0 Å². The van der Waals surface area contributed by atoms with Crippen LogP contribution in [0.1, 0.15) is 25.3 Å². The van der Waals surface area contributed by atoms with Crippen molar-refractivity contribution in [2.75, 3.05) is 0 Å². The lowest BCUT2D eigenvalue weighted by molar-refractivity contribution is 0.625. The zero-order valence-electron chi connectivity index (χ0n) is 7.11. The van der Waals surface area contributed by atoms with Crippen LogP contribution in [-0.4, -0.2) is 0 Å². The molecule has 0 aliphatic heterocycles. The summed E-state index contributed by atoms with van der Waals surface area (Å²) in [6, 6.07) is 4.87. The molecule has 0 amide bonds. The predicted molar refractivity (Wildman–Crippen MR) is 52.7 cm³/mol. The van der Waals surface area contributed by atoms with Crippen molar-refractivity contribution >= 4 is 15.9 Å². The summed E-state index contributed by atoms with van der Waals surface area (Å²) in [5, 5.41) is 0. The smallest absolute Gasteiger partial charge is 0.124 e. The lowest BCUT2D eigenvalue weighted by Gasteiger charge is -2.02. The van der Waals surface area contributed by atoms with Gasteiger partial charge in [-0.3, -0.25) is 0 Å². The van der Waals surface area contributed by atoms with Gasteiger partial charge in [0.2, 0.25) is 0 Å². The van der Waals surface area contributed by atoms with Gasteiger partial charge in [0.1, 0.15) is 5.82 Å². The van der Waals surface area contributed by atoms with Gasteiger partial charge in [-0.25, -0.2) is 4.39 Å². The highest BCUT2D eigenvalue weighted by Gasteiger charge is 1.99. The molecule has 12 heavy (non-hydrogen) atoms. The van der Waals surface area contributed by atoms with Crippen LogP contribution in [0, 0.1) is 5.82 Å². The summed E-state index contributed by atoms with van der Waals surface area (Å²) in [6.07, 6.45) is 3.35. The molecular weight excluding hydrogens is 219 g/mol. The van der Waals surface area contributed by atoms with Crippen LogP contribution in [0.15, 0.2) is 22.7 Å². The van der Waals surface area contributed by atoms with Crippen molar-refractivity contribution in [2.24, 2.45) is 0 Å². The van der Waals surface area contributed by atoms with Gasteiger partial charge in [0, 0.05) is 4.47 Å². The van der Waals surface area contributed by atoms with Crippen LogP contribution in [0.2, 0.25) is 0 Å². The SMILES string of the molecule is CCCCc1ccc(F)cc1Br. The van der Waals surface area contributed by atoms with Crippen molar-refractivity contribution in [2.45, 2.75) is 26.2 Å². The van der Waals surface area contributed by atoms with Gasteiger partial charge in [-0.15, -0.1) is 0 Å². The van der Waals surface area contributed by atoms with Gasteiger partial charge in [-0.05, 0) is 30.5 Å². The predicted octanol–water partition coefficient (Wildman–Crippen LogP) is 3.93. The van der Waals surface area contributed by atoms with E-state index >= 15 is 0 Å². The van der Waals surface area contributed by atoms with Gasteiger partial charge in [0.05, 0.1) is 0 Å². The Morgan fingerprint density at radius 2 is 2.17 bits per heavy atom. The fourth-order valence-electron chi connectivity index (χ4n) is 1.09. The molecule has 66 valence electrons. The highest BCUT2D eigenvalue weighted by Crippen LogP contribution is 2.19. The molecule has 0 radical (unpaired) electrons. The van der Waals surface area contributed by atoms with Gasteiger partial charge >= 0.3 is 0 Å². The van der Waals surface area contributed by atoms with Crippen LogP contribution in [0.4, 0.5) is 4.39 Å². The van der Waals surface area contributed by atoms with E-state index in [1.54, 1.807) is 0 Å². The van der Waals surface area contributed by atoms with E-state index in [4.69, 9.17) is 0 Å². The van der Waals surface area contributed by atoms with E-state index in [1.807, 2.05) is 6.07 Å². The molecule has 0 spiro atoms. The molecule has 0 saturated carbocycles. The van der Waals surface area contributed by atoms with Crippen molar-refractivity contribution < 1.29 is 4.39 Å². The number of hydrogen-bond donors (Lipinski definition) is 0. The standard InChI is InChI=1S/C10H12BrF/c1-2-3-4-8-5-6-9(12)7-10(8)11/h5-7H,2-4H2,1H3. The second-order valence-electron chi connectivity index (χ2n) is 2.84. The summed E-state index contributed by atoms with van der Waals surface area (Å²) in [5.41, 5.74) is 1.19. The zero-order valence-corrected chi connectivity index (χ0v) is 8.70. The second kappa shape index (κ2) is 4.61. The van der Waals surface area contributed by atoms with E-state index in [9.17, 15) is 4.39 Å². The quantitative estimate of drug-likeness (QED) is 0.739. The molecule has 0 bridgehead atoms. The lowest BCUT2D eigenvalue weighted by Crippen LogP contribution is -1.87. The molecular formula is C10H12BrF. The zero-order chi connectivity index (χ0) is 8.97. The van der Waals surface area contributed by atoms with Crippen molar-refractivity contribution in [3.8, 4) is 0 Å². The molecule has 0 nitrogen and oxygen atoms in total. The van der Waals surface area contributed by atoms with Gasteiger partial charge < -0.3 is 0 Å². The van der Waals surface area contributed by atoms with E-state index in [0.717, 1.165) is 17.3 Å². The summed E-state index contributed by atoms with van der Waals surface area (Å²) in [7, 11) is 0. The molecule has 2 heteroatoms. The minimum Gasteiger partial charge on any atom is -0.207 e. The van der Waals surface area contributed by atoms with Crippen LogP contribution in [0.3, 0.4) is 0 Å². The Balaban J connectivity index is 2.72. The van der Waals surface area contributed by atoms with E-state index in [2.05, 4.69) is 22.9 Å². The Labute approximate surface area is 80.9 Å². The number of hydrogen-bond acceptors (Lipinski definition) is 0. The minimum atomic E-state index is -0.179. The molecule has 0 aliphatic carbocycles. The summed E-state index contributed by atoms with van der Waals surface area (Å²) >= 11 is 3.34. The van der Waals surface area contributed by atoms with Gasteiger partial charge in [0.15, 0.2) is 0 Å².